The summed E-state index contributed by atoms with van der Waals surface area (Å²) in [6, 6.07) is 10.9. The van der Waals surface area contributed by atoms with Gasteiger partial charge in [0, 0.05) is 10.2 Å². The Morgan fingerprint density at radius 2 is 1.90 bits per heavy atom. The van der Waals surface area contributed by atoms with Crippen LogP contribution in [-0.4, -0.2) is 5.91 Å². The van der Waals surface area contributed by atoms with E-state index in [1.807, 2.05) is 6.92 Å². The summed E-state index contributed by atoms with van der Waals surface area (Å²) in [7, 11) is 0. The van der Waals surface area contributed by atoms with Crippen LogP contribution in [0.3, 0.4) is 0 Å². The first-order chi connectivity index (χ1) is 9.47. The van der Waals surface area contributed by atoms with Crippen LogP contribution in [0, 0.1) is 5.82 Å². The Balaban J connectivity index is 2.13. The number of benzene rings is 2. The Morgan fingerprint density at radius 1 is 1.25 bits per heavy atom. The molecule has 20 heavy (non-hydrogen) atoms. The van der Waals surface area contributed by atoms with Gasteiger partial charge in [-0.1, -0.05) is 28.1 Å². The van der Waals surface area contributed by atoms with Crippen molar-refractivity contribution in [3.05, 3.63) is 63.9 Å². The quantitative estimate of drug-likeness (QED) is 0.840. The molecule has 0 aromatic heterocycles. The van der Waals surface area contributed by atoms with Crippen molar-refractivity contribution in [3.63, 3.8) is 0 Å². The highest BCUT2D eigenvalue weighted by Gasteiger charge is 2.14. The minimum Gasteiger partial charge on any atom is -0.398 e. The van der Waals surface area contributed by atoms with Crippen molar-refractivity contribution in [2.75, 3.05) is 5.73 Å². The minimum absolute atomic E-state index is 0.230. The second kappa shape index (κ2) is 6.05. The number of anilines is 1. The van der Waals surface area contributed by atoms with Crippen molar-refractivity contribution in [2.24, 2.45) is 0 Å². The zero-order valence-corrected chi connectivity index (χ0v) is 12.4. The van der Waals surface area contributed by atoms with Gasteiger partial charge >= 0.3 is 0 Å². The number of carbonyl (C=O) groups is 1. The number of nitrogen functional groups attached to an aromatic ring is 1. The normalized spacial score (nSPS) is 11.9. The van der Waals surface area contributed by atoms with Crippen LogP contribution in [0.4, 0.5) is 10.1 Å². The van der Waals surface area contributed by atoms with Crippen molar-refractivity contribution < 1.29 is 9.18 Å². The predicted molar refractivity (Wildman–Crippen MR) is 80.8 cm³/mol. The van der Waals surface area contributed by atoms with Gasteiger partial charge in [0.05, 0.1) is 11.6 Å². The van der Waals surface area contributed by atoms with Crippen LogP contribution in [-0.2, 0) is 0 Å². The summed E-state index contributed by atoms with van der Waals surface area (Å²) in [5, 5.41) is 2.84. The summed E-state index contributed by atoms with van der Waals surface area (Å²) in [5.41, 5.74) is 7.47. The van der Waals surface area contributed by atoms with Crippen molar-refractivity contribution in [1.29, 1.82) is 0 Å². The van der Waals surface area contributed by atoms with Crippen LogP contribution in [0.1, 0.15) is 28.9 Å². The molecule has 0 unspecified atom stereocenters. The molecule has 3 N–H and O–H groups in total. The van der Waals surface area contributed by atoms with E-state index in [4.69, 9.17) is 5.73 Å². The van der Waals surface area contributed by atoms with E-state index in [9.17, 15) is 9.18 Å². The number of nitrogens with two attached hydrogens (primary N) is 1. The lowest BCUT2D eigenvalue weighted by atomic mass is 10.1. The van der Waals surface area contributed by atoms with Gasteiger partial charge in [-0.15, -0.1) is 0 Å². The summed E-state index contributed by atoms with van der Waals surface area (Å²) in [5.74, 6) is -0.559. The van der Waals surface area contributed by atoms with Gasteiger partial charge in [0.2, 0.25) is 0 Å². The number of halogens is 2. The third-order valence-electron chi connectivity index (χ3n) is 2.98. The largest absolute Gasteiger partial charge is 0.398 e. The fourth-order valence-corrected chi connectivity index (χ4v) is 2.23. The molecule has 0 spiro atoms. The average molecular weight is 337 g/mol. The maximum atomic E-state index is 12.9. The van der Waals surface area contributed by atoms with E-state index in [2.05, 4.69) is 21.2 Å². The monoisotopic (exact) mass is 336 g/mol. The average Bonchev–Trinajstić information content (AvgIpc) is 2.39. The maximum Gasteiger partial charge on any atom is 0.253 e. The minimum atomic E-state index is -0.301. The topological polar surface area (TPSA) is 55.1 Å². The molecule has 104 valence electrons. The molecule has 0 saturated carbocycles. The van der Waals surface area contributed by atoms with E-state index < -0.39 is 0 Å². The molecular weight excluding hydrogens is 323 g/mol. The summed E-state index contributed by atoms with van der Waals surface area (Å²) < 4.78 is 13.7. The first kappa shape index (κ1) is 14.5. The van der Waals surface area contributed by atoms with Gasteiger partial charge in [-0.05, 0) is 42.8 Å². The third-order valence-corrected chi connectivity index (χ3v) is 3.47. The third kappa shape index (κ3) is 3.36. The maximum absolute atomic E-state index is 12.9. The molecule has 0 radical (unpaired) electrons. The van der Waals surface area contributed by atoms with Crippen LogP contribution in [0.25, 0.3) is 0 Å². The summed E-state index contributed by atoms with van der Waals surface area (Å²) in [6.45, 7) is 1.83. The number of nitrogens with one attached hydrogen (secondary N) is 1. The van der Waals surface area contributed by atoms with E-state index in [1.54, 1.807) is 30.3 Å². The van der Waals surface area contributed by atoms with E-state index in [0.29, 0.717) is 11.3 Å². The highest BCUT2D eigenvalue weighted by Crippen LogP contribution is 2.20. The van der Waals surface area contributed by atoms with Crippen LogP contribution < -0.4 is 11.1 Å². The number of hydrogen-bond donors (Lipinski definition) is 2. The van der Waals surface area contributed by atoms with Crippen molar-refractivity contribution >= 4 is 27.5 Å². The van der Waals surface area contributed by atoms with Crippen molar-refractivity contribution in [1.82, 2.24) is 5.32 Å². The Hall–Kier alpha value is -1.88. The lowest BCUT2D eigenvalue weighted by Gasteiger charge is -2.15. The van der Waals surface area contributed by atoms with Crippen LogP contribution in [0.5, 0.6) is 0 Å². The molecule has 2 aromatic carbocycles. The smallest absolute Gasteiger partial charge is 0.253 e. The van der Waals surface area contributed by atoms with Gasteiger partial charge in [-0.3, -0.25) is 4.79 Å². The lowest BCUT2D eigenvalue weighted by molar-refractivity contribution is 0.0941. The first-order valence-electron chi connectivity index (χ1n) is 6.08. The van der Waals surface area contributed by atoms with Crippen LogP contribution >= 0.6 is 15.9 Å². The molecule has 5 heteroatoms. The van der Waals surface area contributed by atoms with E-state index >= 15 is 0 Å². The standard InChI is InChI=1S/C15H14BrFN2O/c1-9(10-2-5-12(17)6-3-10)19-15(20)13-7-4-11(16)8-14(13)18/h2-9H,18H2,1H3,(H,19,20)/t9-/m0/s1. The van der Waals surface area contributed by atoms with E-state index in [-0.39, 0.29) is 17.8 Å². The summed E-state index contributed by atoms with van der Waals surface area (Å²) >= 11 is 3.29. The molecule has 0 aliphatic rings. The second-order valence-electron chi connectivity index (χ2n) is 4.48. The van der Waals surface area contributed by atoms with Crippen LogP contribution in [0.2, 0.25) is 0 Å². The molecule has 0 fully saturated rings. The number of amides is 1. The number of hydrogen-bond acceptors (Lipinski definition) is 2. The van der Waals surface area contributed by atoms with E-state index in [1.165, 1.54) is 12.1 Å². The molecule has 2 aromatic rings. The zero-order chi connectivity index (χ0) is 14.7. The first-order valence-corrected chi connectivity index (χ1v) is 6.88. The highest BCUT2D eigenvalue weighted by atomic mass is 79.9. The van der Waals surface area contributed by atoms with Gasteiger partial charge in [0.1, 0.15) is 5.82 Å². The predicted octanol–water partition coefficient (Wildman–Crippen LogP) is 3.66. The second-order valence-corrected chi connectivity index (χ2v) is 5.39. The molecule has 3 nitrogen and oxygen atoms in total. The molecule has 0 bridgehead atoms. The lowest BCUT2D eigenvalue weighted by Crippen LogP contribution is -2.27. The van der Waals surface area contributed by atoms with Gasteiger partial charge in [-0.25, -0.2) is 4.39 Å². The fourth-order valence-electron chi connectivity index (χ4n) is 1.85. The SMILES string of the molecule is C[C@H](NC(=O)c1ccc(Br)cc1N)c1ccc(F)cc1. The Kier molecular flexibility index (Phi) is 4.39. The molecule has 0 aliphatic heterocycles. The summed E-state index contributed by atoms with van der Waals surface area (Å²) in [4.78, 5) is 12.1. The highest BCUT2D eigenvalue weighted by molar-refractivity contribution is 9.10. The molecular formula is C15H14BrFN2O. The summed E-state index contributed by atoms with van der Waals surface area (Å²) in [6.07, 6.45) is 0. The van der Waals surface area contributed by atoms with Crippen molar-refractivity contribution in [2.45, 2.75) is 13.0 Å². The molecule has 1 amide bonds. The van der Waals surface area contributed by atoms with E-state index in [0.717, 1.165) is 10.0 Å². The van der Waals surface area contributed by atoms with Gasteiger partial charge in [-0.2, -0.15) is 0 Å². The number of carbonyl (C=O) groups excluding carboxylic acids is 1. The van der Waals surface area contributed by atoms with Gasteiger partial charge in [0.15, 0.2) is 0 Å². The molecule has 1 atom stereocenters. The van der Waals surface area contributed by atoms with Gasteiger partial charge < -0.3 is 11.1 Å². The van der Waals surface area contributed by atoms with Gasteiger partial charge in [0.25, 0.3) is 5.91 Å². The van der Waals surface area contributed by atoms with Crippen LogP contribution in [0.15, 0.2) is 46.9 Å². The molecule has 0 heterocycles. The molecule has 0 saturated heterocycles. The number of rotatable bonds is 3. The molecule has 2 rings (SSSR count). The van der Waals surface area contributed by atoms with Crippen molar-refractivity contribution in [3.8, 4) is 0 Å². The fraction of sp³-hybridized carbons (Fsp3) is 0.133. The Bertz CT molecular complexity index is 628. The molecule has 0 aliphatic carbocycles. The zero-order valence-electron chi connectivity index (χ0n) is 10.9. The Morgan fingerprint density at radius 3 is 2.50 bits per heavy atom. The Labute approximate surface area is 125 Å².